The Morgan fingerprint density at radius 3 is 2.45 bits per heavy atom. The lowest BCUT2D eigenvalue weighted by Gasteiger charge is -2.38. The third-order valence-electron chi connectivity index (χ3n) is 7.58. The molecule has 1 unspecified atom stereocenters. The van der Waals surface area contributed by atoms with Crippen molar-refractivity contribution in [3.05, 3.63) is 45.2 Å². The highest BCUT2D eigenvalue weighted by Gasteiger charge is 2.45. The molecule has 230 valence electrons. The average molecular weight is 607 g/mol. The molecule has 0 bridgehead atoms. The van der Waals surface area contributed by atoms with Gasteiger partial charge in [-0.05, 0) is 70.1 Å². The van der Waals surface area contributed by atoms with Crippen LogP contribution in [0.1, 0.15) is 40.9 Å². The molecular weight excluding hydrogens is 566 g/mol. The van der Waals surface area contributed by atoms with Crippen LogP contribution in [-0.2, 0) is 13.6 Å². The second-order valence-corrected chi connectivity index (χ2v) is 12.1. The molecule has 0 spiro atoms. The smallest absolute Gasteiger partial charge is 0.280 e. The second-order valence-electron chi connectivity index (χ2n) is 11.0. The molecule has 2 N–H and O–H groups in total. The number of piperidine rings is 1. The number of aliphatic hydroxyl groups excluding tert-OH is 1. The number of nitrogens with one attached hydrogen (secondary N) is 1. The second kappa shape index (κ2) is 13.5. The third kappa shape index (κ3) is 6.94. The molecule has 9 nitrogen and oxygen atoms in total. The predicted molar refractivity (Wildman–Crippen MR) is 161 cm³/mol. The van der Waals surface area contributed by atoms with Crippen LogP contribution in [0.3, 0.4) is 0 Å². The molecular formula is C30H40F2N4O5S. The number of aromatic nitrogens is 1. The number of alkyl halides is 2. The zero-order chi connectivity index (χ0) is 30.6. The number of nitrogens with zero attached hydrogens (tertiary/aromatic N) is 3. The number of likely N-dealkylation sites (tertiary alicyclic amines) is 1. The highest BCUT2D eigenvalue weighted by molar-refractivity contribution is 7.21. The van der Waals surface area contributed by atoms with Crippen molar-refractivity contribution in [1.82, 2.24) is 19.7 Å². The molecule has 1 fully saturated rings. The van der Waals surface area contributed by atoms with Crippen molar-refractivity contribution >= 4 is 27.3 Å². The van der Waals surface area contributed by atoms with Gasteiger partial charge in [0, 0.05) is 43.2 Å². The summed E-state index contributed by atoms with van der Waals surface area (Å²) in [7, 11) is 8.69. The minimum atomic E-state index is -3.09. The zero-order valence-electron chi connectivity index (χ0n) is 24.8. The fourth-order valence-corrected chi connectivity index (χ4v) is 6.50. The fourth-order valence-electron chi connectivity index (χ4n) is 5.41. The summed E-state index contributed by atoms with van der Waals surface area (Å²) in [5.74, 6) is -2.47. The molecule has 1 amide bonds. The van der Waals surface area contributed by atoms with Crippen LogP contribution >= 0.6 is 11.3 Å². The molecule has 3 heterocycles. The third-order valence-corrected chi connectivity index (χ3v) is 8.75. The van der Waals surface area contributed by atoms with E-state index in [1.165, 1.54) is 10.6 Å². The number of pyridine rings is 1. The summed E-state index contributed by atoms with van der Waals surface area (Å²) in [4.78, 5) is 30.2. The summed E-state index contributed by atoms with van der Waals surface area (Å²) in [5, 5.41) is 11.8. The van der Waals surface area contributed by atoms with Crippen molar-refractivity contribution in [3.63, 3.8) is 0 Å². The first kappa shape index (κ1) is 31.9. The van der Waals surface area contributed by atoms with Crippen molar-refractivity contribution in [2.45, 2.75) is 44.2 Å². The van der Waals surface area contributed by atoms with Crippen molar-refractivity contribution in [2.24, 2.45) is 7.05 Å². The van der Waals surface area contributed by atoms with Gasteiger partial charge in [-0.1, -0.05) is 0 Å². The van der Waals surface area contributed by atoms with Gasteiger partial charge in [0.05, 0.1) is 42.6 Å². The van der Waals surface area contributed by atoms with E-state index >= 15 is 8.78 Å². The Bertz CT molecular complexity index is 1450. The zero-order valence-corrected chi connectivity index (χ0v) is 25.7. The van der Waals surface area contributed by atoms with Gasteiger partial charge in [0.2, 0.25) is 0 Å². The minimum absolute atomic E-state index is 0.0982. The number of fused-ring (bicyclic) bond motifs is 1. The highest BCUT2D eigenvalue weighted by Crippen LogP contribution is 2.40. The number of aliphatic hydroxyl groups is 1. The van der Waals surface area contributed by atoms with Crippen LogP contribution in [0, 0.1) is 0 Å². The van der Waals surface area contributed by atoms with Crippen molar-refractivity contribution in [3.8, 4) is 22.6 Å². The standard InChI is InChI=1S/C30H40F2N4O5S/c1-34(2)16-22-23(40-4)13-19(14-24(22)41-5)21-17-35(3)29(39)20-15-25(42-27(20)21)28(38)33-26-9-11-36(18-30(26,31)32)10-7-6-8-12-37/h13-15,17,26,37H,6-12,16,18H2,1-5H3,(H,33,38). The van der Waals surface area contributed by atoms with Gasteiger partial charge in [-0.3, -0.25) is 14.5 Å². The maximum atomic E-state index is 15.1. The molecule has 1 aromatic carbocycles. The number of hydrogen-bond acceptors (Lipinski definition) is 8. The van der Waals surface area contributed by atoms with E-state index in [0.717, 1.165) is 35.3 Å². The van der Waals surface area contributed by atoms with Crippen LogP contribution in [0.4, 0.5) is 8.78 Å². The number of unbranched alkanes of at least 4 members (excludes halogenated alkanes) is 2. The highest BCUT2D eigenvalue weighted by atomic mass is 32.1. The van der Waals surface area contributed by atoms with E-state index in [9.17, 15) is 9.59 Å². The van der Waals surface area contributed by atoms with E-state index in [-0.39, 0.29) is 23.5 Å². The topological polar surface area (TPSA) is 96.3 Å². The van der Waals surface area contributed by atoms with Gasteiger partial charge in [0.1, 0.15) is 11.5 Å². The SMILES string of the molecule is COc1cc(-c2cn(C)c(=O)c3cc(C(=O)NC4CCN(CCCCCO)CC4(F)F)sc23)cc(OC)c1CN(C)C. The Morgan fingerprint density at radius 1 is 1.17 bits per heavy atom. The summed E-state index contributed by atoms with van der Waals surface area (Å²) < 4.78 is 43.5. The van der Waals surface area contributed by atoms with Crippen LogP contribution in [0.15, 0.2) is 29.2 Å². The summed E-state index contributed by atoms with van der Waals surface area (Å²) in [6.45, 7) is 1.24. The van der Waals surface area contributed by atoms with E-state index in [0.29, 0.717) is 53.2 Å². The van der Waals surface area contributed by atoms with E-state index in [1.54, 1.807) is 32.4 Å². The molecule has 1 saturated heterocycles. The van der Waals surface area contributed by atoms with Gasteiger partial charge >= 0.3 is 0 Å². The first-order valence-electron chi connectivity index (χ1n) is 14.0. The maximum Gasteiger partial charge on any atom is 0.280 e. The molecule has 0 aliphatic carbocycles. The maximum absolute atomic E-state index is 15.1. The molecule has 3 aromatic rings. The first-order valence-corrected chi connectivity index (χ1v) is 14.9. The van der Waals surface area contributed by atoms with Crippen LogP contribution in [-0.4, -0.2) is 91.9 Å². The van der Waals surface area contributed by atoms with Crippen LogP contribution in [0.25, 0.3) is 21.2 Å². The molecule has 0 radical (unpaired) electrons. The number of rotatable bonds is 12. The van der Waals surface area contributed by atoms with E-state index in [1.807, 2.05) is 31.1 Å². The first-order chi connectivity index (χ1) is 20.0. The quantitative estimate of drug-likeness (QED) is 0.302. The number of carbonyl (C=O) groups is 1. The number of thiophene rings is 1. The molecule has 42 heavy (non-hydrogen) atoms. The Labute approximate surface area is 248 Å². The summed E-state index contributed by atoms with van der Waals surface area (Å²) in [6.07, 6.45) is 4.00. The predicted octanol–water partition coefficient (Wildman–Crippen LogP) is 3.95. The van der Waals surface area contributed by atoms with Gasteiger partial charge in [-0.25, -0.2) is 8.78 Å². The molecule has 2 aromatic heterocycles. The van der Waals surface area contributed by atoms with Crippen LogP contribution in [0.5, 0.6) is 11.5 Å². The number of methoxy groups -OCH3 is 2. The monoisotopic (exact) mass is 606 g/mol. The van der Waals surface area contributed by atoms with Crippen molar-refractivity contribution in [2.75, 3.05) is 54.6 Å². The molecule has 4 rings (SSSR count). The van der Waals surface area contributed by atoms with Gasteiger partial charge in [0.25, 0.3) is 17.4 Å². The lowest BCUT2D eigenvalue weighted by molar-refractivity contribution is -0.0876. The normalized spacial score (nSPS) is 17.1. The molecule has 1 aliphatic rings. The van der Waals surface area contributed by atoms with Gasteiger partial charge in [-0.2, -0.15) is 0 Å². The number of ether oxygens (including phenoxy) is 2. The lowest BCUT2D eigenvalue weighted by atomic mass is 10.00. The van der Waals surface area contributed by atoms with E-state index in [4.69, 9.17) is 14.6 Å². The molecule has 0 saturated carbocycles. The number of carbonyl (C=O) groups excluding carboxylic acids is 1. The summed E-state index contributed by atoms with van der Waals surface area (Å²) in [5.41, 5.74) is 2.02. The number of benzene rings is 1. The molecule has 1 atom stereocenters. The minimum Gasteiger partial charge on any atom is -0.496 e. The fraction of sp³-hybridized carbons (Fsp3) is 0.533. The number of hydrogen-bond donors (Lipinski definition) is 2. The summed E-state index contributed by atoms with van der Waals surface area (Å²) in [6, 6.07) is 3.94. The van der Waals surface area contributed by atoms with Gasteiger partial charge < -0.3 is 29.4 Å². The number of halogens is 2. The van der Waals surface area contributed by atoms with Crippen LogP contribution in [0.2, 0.25) is 0 Å². The van der Waals surface area contributed by atoms with Gasteiger partial charge in [0.15, 0.2) is 0 Å². The van der Waals surface area contributed by atoms with Crippen molar-refractivity contribution in [1.29, 1.82) is 0 Å². The Hall–Kier alpha value is -3.06. The Kier molecular flexibility index (Phi) is 10.2. The average Bonchev–Trinajstić information content (AvgIpc) is 3.40. The largest absolute Gasteiger partial charge is 0.496 e. The molecule has 1 aliphatic heterocycles. The van der Waals surface area contributed by atoms with E-state index < -0.39 is 24.4 Å². The summed E-state index contributed by atoms with van der Waals surface area (Å²) >= 11 is 1.11. The Balaban J connectivity index is 1.62. The number of aryl methyl sites for hydroxylation is 1. The van der Waals surface area contributed by atoms with Crippen LogP contribution < -0.4 is 20.3 Å². The van der Waals surface area contributed by atoms with E-state index in [2.05, 4.69) is 5.32 Å². The Morgan fingerprint density at radius 2 is 1.86 bits per heavy atom. The molecule has 12 heteroatoms. The number of amides is 1. The lowest BCUT2D eigenvalue weighted by Crippen LogP contribution is -2.58. The van der Waals surface area contributed by atoms with Crippen molar-refractivity contribution < 1.29 is 28.2 Å². The van der Waals surface area contributed by atoms with Gasteiger partial charge in [-0.15, -0.1) is 11.3 Å².